The van der Waals surface area contributed by atoms with Crippen LogP contribution in [-0.4, -0.2) is 56.3 Å². The number of hydrogen-bond acceptors (Lipinski definition) is 5. The first-order valence-electron chi connectivity index (χ1n) is 10.1. The first-order chi connectivity index (χ1) is 13.5. The maximum Gasteiger partial charge on any atom is 0.272 e. The number of piperidine rings is 1. The molecule has 0 saturated carbocycles. The highest BCUT2D eigenvalue weighted by atomic mass is 16.2. The van der Waals surface area contributed by atoms with Crippen molar-refractivity contribution in [3.63, 3.8) is 0 Å². The number of aromatic nitrogens is 3. The average molecular weight is 381 g/mol. The molecule has 0 spiro atoms. The van der Waals surface area contributed by atoms with Crippen molar-refractivity contribution in [2.45, 2.75) is 51.6 Å². The largest absolute Gasteiger partial charge is 0.337 e. The van der Waals surface area contributed by atoms with Crippen LogP contribution < -0.4 is 5.56 Å². The first-order valence-corrected chi connectivity index (χ1v) is 10.1. The fourth-order valence-corrected chi connectivity index (χ4v) is 4.11. The Kier molecular flexibility index (Phi) is 5.26. The Morgan fingerprint density at radius 1 is 1.21 bits per heavy atom. The van der Waals surface area contributed by atoms with Crippen molar-refractivity contribution in [1.29, 1.82) is 0 Å². The zero-order valence-corrected chi connectivity index (χ0v) is 16.5. The third kappa shape index (κ3) is 3.71. The van der Waals surface area contributed by atoms with Crippen LogP contribution in [-0.2, 0) is 13.0 Å². The second kappa shape index (κ2) is 7.83. The summed E-state index contributed by atoms with van der Waals surface area (Å²) < 4.78 is 0. The molecule has 2 aromatic rings. The van der Waals surface area contributed by atoms with Gasteiger partial charge in [-0.15, -0.1) is 0 Å². The van der Waals surface area contributed by atoms with Gasteiger partial charge in [0.25, 0.3) is 11.5 Å². The highest BCUT2D eigenvalue weighted by Crippen LogP contribution is 2.27. The van der Waals surface area contributed by atoms with Gasteiger partial charge < -0.3 is 9.88 Å². The van der Waals surface area contributed by atoms with Crippen LogP contribution in [0.3, 0.4) is 0 Å². The molecule has 1 N–H and O–H groups in total. The lowest BCUT2D eigenvalue weighted by molar-refractivity contribution is 0.0705. The van der Waals surface area contributed by atoms with Crippen molar-refractivity contribution in [3.8, 4) is 0 Å². The number of fused-ring (bicyclic) bond motifs is 1. The molecule has 0 aromatic carbocycles. The van der Waals surface area contributed by atoms with E-state index in [0.29, 0.717) is 31.4 Å². The molecular weight excluding hydrogens is 354 g/mol. The van der Waals surface area contributed by atoms with E-state index in [1.54, 1.807) is 12.3 Å². The molecule has 4 rings (SSSR count). The van der Waals surface area contributed by atoms with E-state index < -0.39 is 0 Å². The van der Waals surface area contributed by atoms with Crippen molar-refractivity contribution < 1.29 is 4.79 Å². The molecule has 0 atom stereocenters. The Hall–Kier alpha value is -2.54. The van der Waals surface area contributed by atoms with Gasteiger partial charge in [0.15, 0.2) is 0 Å². The van der Waals surface area contributed by atoms with Crippen LogP contribution in [0.25, 0.3) is 0 Å². The number of aromatic amines is 1. The predicted molar refractivity (Wildman–Crippen MR) is 106 cm³/mol. The predicted octanol–water partition coefficient (Wildman–Crippen LogP) is 1.95. The summed E-state index contributed by atoms with van der Waals surface area (Å²) in [6, 6.07) is 5.81. The summed E-state index contributed by atoms with van der Waals surface area (Å²) in [4.78, 5) is 41.4. The number of nitrogens with one attached hydrogen (secondary N) is 1. The van der Waals surface area contributed by atoms with Crippen LogP contribution in [0.4, 0.5) is 0 Å². The minimum absolute atomic E-state index is 0.00246. The third-order valence-electron chi connectivity index (χ3n) is 5.90. The van der Waals surface area contributed by atoms with Crippen molar-refractivity contribution in [2.24, 2.45) is 0 Å². The van der Waals surface area contributed by atoms with Gasteiger partial charge in [-0.3, -0.25) is 19.5 Å². The Bertz CT molecular complexity index is 901. The molecule has 0 aliphatic carbocycles. The summed E-state index contributed by atoms with van der Waals surface area (Å²) in [7, 11) is 0. The number of amides is 1. The molecule has 1 saturated heterocycles. The molecular formula is C21H27N5O2. The van der Waals surface area contributed by atoms with E-state index in [2.05, 4.69) is 28.7 Å². The molecule has 1 fully saturated rings. The first kappa shape index (κ1) is 18.8. The number of carbonyl (C=O) groups excluding carboxylic acids is 1. The van der Waals surface area contributed by atoms with E-state index in [0.717, 1.165) is 42.9 Å². The molecule has 0 bridgehead atoms. The summed E-state index contributed by atoms with van der Waals surface area (Å²) >= 11 is 0. The number of H-pyrrole nitrogens is 1. The summed E-state index contributed by atoms with van der Waals surface area (Å²) in [5.74, 6) is 0.945. The molecule has 0 unspecified atom stereocenters. The van der Waals surface area contributed by atoms with Crippen LogP contribution in [0.15, 0.2) is 29.2 Å². The van der Waals surface area contributed by atoms with Gasteiger partial charge in [-0.2, -0.15) is 0 Å². The van der Waals surface area contributed by atoms with E-state index >= 15 is 0 Å². The topological polar surface area (TPSA) is 82.2 Å². The molecule has 2 aliphatic heterocycles. The van der Waals surface area contributed by atoms with Crippen LogP contribution in [0.5, 0.6) is 0 Å². The summed E-state index contributed by atoms with van der Waals surface area (Å²) in [5.41, 5.74) is 2.24. The molecule has 2 aliphatic rings. The second-order valence-corrected chi connectivity index (χ2v) is 7.97. The SMILES string of the molecule is CC(C)N1CCc2nc(C3CCN(C(=O)c4ccccn4)CC3)[nH]c(=O)c2C1. The Labute approximate surface area is 164 Å². The fourth-order valence-electron chi connectivity index (χ4n) is 4.11. The van der Waals surface area contributed by atoms with E-state index in [1.807, 2.05) is 17.0 Å². The minimum atomic E-state index is -0.0280. The lowest BCUT2D eigenvalue weighted by Gasteiger charge is -2.33. The fraction of sp³-hybridized carbons (Fsp3) is 0.524. The smallest absolute Gasteiger partial charge is 0.272 e. The van der Waals surface area contributed by atoms with Crippen LogP contribution in [0, 0.1) is 0 Å². The molecule has 1 amide bonds. The monoisotopic (exact) mass is 381 g/mol. The number of likely N-dealkylation sites (tertiary alicyclic amines) is 1. The van der Waals surface area contributed by atoms with Gasteiger partial charge in [-0.1, -0.05) is 6.07 Å². The highest BCUT2D eigenvalue weighted by molar-refractivity contribution is 5.92. The Morgan fingerprint density at radius 3 is 2.68 bits per heavy atom. The minimum Gasteiger partial charge on any atom is -0.337 e. The summed E-state index contributed by atoms with van der Waals surface area (Å²) in [6.07, 6.45) is 4.07. The number of carbonyl (C=O) groups is 1. The molecule has 148 valence electrons. The zero-order valence-electron chi connectivity index (χ0n) is 16.5. The maximum absolute atomic E-state index is 12.7. The number of hydrogen-bond donors (Lipinski definition) is 1. The summed E-state index contributed by atoms with van der Waals surface area (Å²) in [5, 5.41) is 0. The highest BCUT2D eigenvalue weighted by Gasteiger charge is 2.28. The Balaban J connectivity index is 1.45. The summed E-state index contributed by atoms with van der Waals surface area (Å²) in [6.45, 7) is 7.23. The standard InChI is InChI=1S/C21H27N5O2/c1-14(2)26-12-8-17-16(13-26)20(27)24-19(23-17)15-6-10-25(11-7-15)21(28)18-5-3-4-9-22-18/h3-5,9,14-15H,6-8,10-13H2,1-2H3,(H,23,24,27). The van der Waals surface area contributed by atoms with Gasteiger partial charge in [0.05, 0.1) is 11.3 Å². The zero-order chi connectivity index (χ0) is 19.7. The van der Waals surface area contributed by atoms with E-state index in [9.17, 15) is 9.59 Å². The third-order valence-corrected chi connectivity index (χ3v) is 5.90. The van der Waals surface area contributed by atoms with Gasteiger partial charge in [-0.05, 0) is 38.8 Å². The molecule has 28 heavy (non-hydrogen) atoms. The lowest BCUT2D eigenvalue weighted by atomic mass is 9.95. The molecule has 0 radical (unpaired) electrons. The second-order valence-electron chi connectivity index (χ2n) is 7.97. The van der Waals surface area contributed by atoms with Gasteiger partial charge in [-0.25, -0.2) is 4.98 Å². The van der Waals surface area contributed by atoms with Crippen molar-refractivity contribution >= 4 is 5.91 Å². The number of rotatable bonds is 3. The van der Waals surface area contributed by atoms with Gasteiger partial charge >= 0.3 is 0 Å². The number of pyridine rings is 1. The maximum atomic E-state index is 12.7. The van der Waals surface area contributed by atoms with Gasteiger partial charge in [0.1, 0.15) is 11.5 Å². The van der Waals surface area contributed by atoms with E-state index in [4.69, 9.17) is 4.98 Å². The van der Waals surface area contributed by atoms with E-state index in [1.165, 1.54) is 0 Å². The Morgan fingerprint density at radius 2 is 2.00 bits per heavy atom. The van der Waals surface area contributed by atoms with Crippen LogP contribution >= 0.6 is 0 Å². The lowest BCUT2D eigenvalue weighted by Crippen LogP contribution is -2.41. The molecule has 2 aromatic heterocycles. The average Bonchev–Trinajstić information content (AvgIpc) is 2.73. The molecule has 4 heterocycles. The van der Waals surface area contributed by atoms with Gasteiger partial charge in [0, 0.05) is 50.8 Å². The molecule has 7 heteroatoms. The van der Waals surface area contributed by atoms with Crippen molar-refractivity contribution in [2.75, 3.05) is 19.6 Å². The van der Waals surface area contributed by atoms with Crippen LogP contribution in [0.1, 0.15) is 60.2 Å². The van der Waals surface area contributed by atoms with Crippen molar-refractivity contribution in [3.05, 3.63) is 57.5 Å². The molecule has 7 nitrogen and oxygen atoms in total. The normalized spacial score (nSPS) is 18.3. The quantitative estimate of drug-likeness (QED) is 0.879. The van der Waals surface area contributed by atoms with E-state index in [-0.39, 0.29) is 17.4 Å². The van der Waals surface area contributed by atoms with Gasteiger partial charge in [0.2, 0.25) is 0 Å². The van der Waals surface area contributed by atoms with Crippen molar-refractivity contribution in [1.82, 2.24) is 24.8 Å². The number of nitrogens with zero attached hydrogens (tertiary/aromatic N) is 4. The van der Waals surface area contributed by atoms with Crippen LogP contribution in [0.2, 0.25) is 0 Å².